The van der Waals surface area contributed by atoms with Gasteiger partial charge in [0.25, 0.3) is 5.91 Å². The predicted molar refractivity (Wildman–Crippen MR) is 102 cm³/mol. The van der Waals surface area contributed by atoms with Gasteiger partial charge in [-0.3, -0.25) is 4.79 Å². The molecule has 0 unspecified atom stereocenters. The van der Waals surface area contributed by atoms with Crippen molar-refractivity contribution < 1.29 is 27.5 Å². The average Bonchev–Trinajstić information content (AvgIpc) is 2.97. The van der Waals surface area contributed by atoms with Crippen LogP contribution in [0.3, 0.4) is 0 Å². The molecule has 0 radical (unpaired) electrons. The zero-order valence-corrected chi connectivity index (χ0v) is 16.7. The lowest BCUT2D eigenvalue weighted by Gasteiger charge is -2.22. The molecular weight excluding hydrogens is 417 g/mol. The van der Waals surface area contributed by atoms with Gasteiger partial charge >= 0.3 is 12.1 Å². The van der Waals surface area contributed by atoms with Crippen LogP contribution in [0.25, 0.3) is 0 Å². The Balaban J connectivity index is 0.00000280. The van der Waals surface area contributed by atoms with E-state index in [-0.39, 0.29) is 23.5 Å². The number of nitrogens with zero attached hydrogens (tertiary/aromatic N) is 1. The highest BCUT2D eigenvalue weighted by Gasteiger charge is 2.32. The van der Waals surface area contributed by atoms with E-state index < -0.39 is 23.6 Å². The lowest BCUT2D eigenvalue weighted by molar-refractivity contribution is -0.137. The number of esters is 1. The van der Waals surface area contributed by atoms with E-state index >= 15 is 0 Å². The van der Waals surface area contributed by atoms with Gasteiger partial charge in [0.05, 0.1) is 18.2 Å². The van der Waals surface area contributed by atoms with Crippen molar-refractivity contribution in [3.05, 3.63) is 51.4 Å². The third kappa shape index (κ3) is 4.48. The van der Waals surface area contributed by atoms with E-state index in [0.29, 0.717) is 18.0 Å². The van der Waals surface area contributed by atoms with Crippen LogP contribution >= 0.6 is 23.7 Å². The van der Waals surface area contributed by atoms with Crippen LogP contribution in [0.5, 0.6) is 0 Å². The second kappa shape index (κ2) is 8.50. The van der Waals surface area contributed by atoms with Crippen molar-refractivity contribution in [2.45, 2.75) is 19.1 Å². The topological polar surface area (TPSA) is 58.6 Å². The molecule has 0 aliphatic carbocycles. The molecule has 3 rings (SSSR count). The van der Waals surface area contributed by atoms with Gasteiger partial charge in [0.2, 0.25) is 0 Å². The zero-order valence-electron chi connectivity index (χ0n) is 15.1. The highest BCUT2D eigenvalue weighted by molar-refractivity contribution is 7.17. The van der Waals surface area contributed by atoms with E-state index in [1.165, 1.54) is 30.6 Å². The minimum absolute atomic E-state index is 0. The first-order chi connectivity index (χ1) is 12.7. The lowest BCUT2D eigenvalue weighted by atomic mass is 10.0. The fourth-order valence-electron chi connectivity index (χ4n) is 2.95. The summed E-state index contributed by atoms with van der Waals surface area (Å²) in [7, 11) is 3.20. The second-order valence-corrected chi connectivity index (χ2v) is 7.33. The van der Waals surface area contributed by atoms with Crippen LogP contribution in [0, 0.1) is 0 Å². The maximum absolute atomic E-state index is 12.9. The summed E-state index contributed by atoms with van der Waals surface area (Å²) in [5, 5.41) is 2.88. The number of amides is 1. The van der Waals surface area contributed by atoms with Gasteiger partial charge < -0.3 is 15.0 Å². The fraction of sp³-hybridized carbons (Fsp3) is 0.333. The van der Waals surface area contributed by atoms with Gasteiger partial charge in [0, 0.05) is 23.5 Å². The molecule has 0 saturated carbocycles. The summed E-state index contributed by atoms with van der Waals surface area (Å²) in [6, 6.07) is 4.15. The molecule has 28 heavy (non-hydrogen) atoms. The summed E-state index contributed by atoms with van der Waals surface area (Å²) < 4.78 is 43.4. The molecule has 2 heterocycles. The van der Waals surface area contributed by atoms with Crippen LogP contribution in [-0.2, 0) is 23.9 Å². The third-order valence-corrected chi connectivity index (χ3v) is 5.45. The van der Waals surface area contributed by atoms with Gasteiger partial charge in [0.15, 0.2) is 0 Å². The first kappa shape index (κ1) is 22.2. The summed E-state index contributed by atoms with van der Waals surface area (Å²) in [5.41, 5.74) is 0.0646. The Labute approximate surface area is 169 Å². The van der Waals surface area contributed by atoms with Crippen molar-refractivity contribution in [2.75, 3.05) is 26.0 Å². The largest absolute Gasteiger partial charge is 0.465 e. The number of alkyl halides is 3. The number of nitrogens with one attached hydrogen (secondary N) is 1. The number of likely N-dealkylation sites (N-methyl/N-ethyl adjacent to an activating group) is 1. The van der Waals surface area contributed by atoms with E-state index in [0.717, 1.165) is 29.1 Å². The van der Waals surface area contributed by atoms with Crippen molar-refractivity contribution in [1.82, 2.24) is 4.90 Å². The molecule has 0 bridgehead atoms. The first-order valence-corrected chi connectivity index (χ1v) is 8.92. The molecule has 0 atom stereocenters. The SMILES string of the molecule is COC(=O)c1c(NC(=O)c2cccc(C(F)(F)F)c2)sc2c1CCN(C)C2.Cl. The molecule has 0 fully saturated rings. The van der Waals surface area contributed by atoms with E-state index in [1.54, 1.807) is 0 Å². The van der Waals surface area contributed by atoms with E-state index in [2.05, 4.69) is 10.2 Å². The van der Waals surface area contributed by atoms with Crippen LogP contribution in [0.2, 0.25) is 0 Å². The Kier molecular flexibility index (Phi) is 6.74. The quantitative estimate of drug-likeness (QED) is 0.735. The molecule has 0 spiro atoms. The number of anilines is 1. The number of fused-ring (bicyclic) bond motifs is 1. The van der Waals surface area contributed by atoms with Crippen molar-refractivity contribution in [3.63, 3.8) is 0 Å². The van der Waals surface area contributed by atoms with Gasteiger partial charge in [-0.2, -0.15) is 13.2 Å². The minimum Gasteiger partial charge on any atom is -0.465 e. The average molecular weight is 435 g/mol. The number of rotatable bonds is 3. The van der Waals surface area contributed by atoms with Crippen LogP contribution in [0.15, 0.2) is 24.3 Å². The van der Waals surface area contributed by atoms with E-state index in [4.69, 9.17) is 4.74 Å². The monoisotopic (exact) mass is 434 g/mol. The fourth-order valence-corrected chi connectivity index (χ4v) is 4.26. The predicted octanol–water partition coefficient (Wildman–Crippen LogP) is 4.22. The number of carbonyl (C=O) groups is 2. The molecule has 152 valence electrons. The molecule has 1 aromatic heterocycles. The van der Waals surface area contributed by atoms with Crippen LogP contribution in [0.1, 0.15) is 36.7 Å². The number of hydrogen-bond acceptors (Lipinski definition) is 5. The highest BCUT2D eigenvalue weighted by Crippen LogP contribution is 2.37. The minimum atomic E-state index is -4.54. The number of thiophene rings is 1. The third-order valence-electron chi connectivity index (χ3n) is 4.32. The maximum Gasteiger partial charge on any atom is 0.416 e. The number of carbonyl (C=O) groups excluding carboxylic acids is 2. The lowest BCUT2D eigenvalue weighted by Crippen LogP contribution is -2.26. The van der Waals surface area contributed by atoms with Gasteiger partial charge in [-0.1, -0.05) is 6.07 Å². The standard InChI is InChI=1S/C18H17F3N2O3S.ClH/c1-23-7-6-12-13(9-23)27-16(14(12)17(25)26-2)22-15(24)10-4-3-5-11(8-10)18(19,20)21;/h3-5,8H,6-7,9H2,1-2H3,(H,22,24);1H. The van der Waals surface area contributed by atoms with Crippen molar-refractivity contribution in [2.24, 2.45) is 0 Å². The second-order valence-electron chi connectivity index (χ2n) is 6.22. The molecule has 1 aromatic carbocycles. The number of halogens is 4. The van der Waals surface area contributed by atoms with Gasteiger partial charge in [0.1, 0.15) is 5.00 Å². The van der Waals surface area contributed by atoms with Gasteiger partial charge in [-0.25, -0.2) is 4.79 Å². The molecular formula is C18H18ClF3N2O3S. The summed E-state index contributed by atoms with van der Waals surface area (Å²) in [6.45, 7) is 1.39. The Morgan fingerprint density at radius 2 is 2.00 bits per heavy atom. The smallest absolute Gasteiger partial charge is 0.416 e. The number of methoxy groups -OCH3 is 1. The Bertz CT molecular complexity index is 899. The molecule has 5 nitrogen and oxygen atoms in total. The maximum atomic E-state index is 12.9. The summed E-state index contributed by atoms with van der Waals surface area (Å²) in [6.07, 6.45) is -3.91. The van der Waals surface area contributed by atoms with Crippen LogP contribution in [0.4, 0.5) is 18.2 Å². The summed E-state index contributed by atoms with van der Waals surface area (Å²) in [4.78, 5) is 27.7. The van der Waals surface area contributed by atoms with Crippen LogP contribution in [-0.4, -0.2) is 37.5 Å². The molecule has 0 saturated heterocycles. The van der Waals surface area contributed by atoms with E-state index in [9.17, 15) is 22.8 Å². The zero-order chi connectivity index (χ0) is 19.8. The molecule has 1 aliphatic rings. The van der Waals surface area contributed by atoms with Crippen molar-refractivity contribution >= 4 is 40.6 Å². The number of hydrogen-bond donors (Lipinski definition) is 1. The molecule has 2 aromatic rings. The van der Waals surface area contributed by atoms with Crippen molar-refractivity contribution in [3.8, 4) is 0 Å². The molecule has 10 heteroatoms. The normalized spacial score (nSPS) is 14.0. The van der Waals surface area contributed by atoms with E-state index in [1.807, 2.05) is 7.05 Å². The Morgan fingerprint density at radius 3 is 2.64 bits per heavy atom. The Morgan fingerprint density at radius 1 is 1.29 bits per heavy atom. The molecule has 1 aliphatic heterocycles. The summed E-state index contributed by atoms with van der Waals surface area (Å²) >= 11 is 1.25. The highest BCUT2D eigenvalue weighted by atomic mass is 35.5. The number of benzene rings is 1. The van der Waals surface area contributed by atoms with Crippen molar-refractivity contribution in [1.29, 1.82) is 0 Å². The first-order valence-electron chi connectivity index (χ1n) is 8.10. The van der Waals surface area contributed by atoms with Crippen LogP contribution < -0.4 is 5.32 Å². The van der Waals surface area contributed by atoms with Gasteiger partial charge in [-0.15, -0.1) is 23.7 Å². The number of ether oxygens (including phenoxy) is 1. The van der Waals surface area contributed by atoms with Gasteiger partial charge in [-0.05, 0) is 37.2 Å². The molecule has 1 amide bonds. The molecule has 1 N–H and O–H groups in total. The summed E-state index contributed by atoms with van der Waals surface area (Å²) in [5.74, 6) is -1.28. The Hall–Kier alpha value is -2.10.